The summed E-state index contributed by atoms with van der Waals surface area (Å²) in [5, 5.41) is 13.2. The highest BCUT2D eigenvalue weighted by atomic mass is 19.1. The van der Waals surface area contributed by atoms with Crippen LogP contribution in [-0.2, 0) is 17.8 Å². The van der Waals surface area contributed by atoms with Gasteiger partial charge >= 0.3 is 0 Å². The van der Waals surface area contributed by atoms with Gasteiger partial charge in [-0.3, -0.25) is 9.58 Å². The van der Waals surface area contributed by atoms with Crippen LogP contribution < -0.4 is 0 Å². The number of hydrogen-bond donors (Lipinski definition) is 0. The van der Waals surface area contributed by atoms with Gasteiger partial charge in [-0.1, -0.05) is 6.07 Å². The molecule has 1 aromatic heterocycles. The molecule has 1 atom stereocenters. The Bertz CT molecular complexity index is 722. The Morgan fingerprint density at radius 1 is 1.48 bits per heavy atom. The van der Waals surface area contributed by atoms with Crippen molar-refractivity contribution < 1.29 is 9.13 Å². The molecular formula is C17H19FN4O. The molecule has 0 radical (unpaired) electrons. The summed E-state index contributed by atoms with van der Waals surface area (Å²) in [5.74, 6) is -0.469. The highest BCUT2D eigenvalue weighted by molar-refractivity contribution is 5.34. The molecule has 23 heavy (non-hydrogen) atoms. The minimum atomic E-state index is -0.469. The molecule has 2 heterocycles. The van der Waals surface area contributed by atoms with Crippen LogP contribution in [0.1, 0.15) is 29.7 Å². The van der Waals surface area contributed by atoms with E-state index in [1.165, 1.54) is 6.07 Å². The number of aryl methyl sites for hydroxylation is 1. The van der Waals surface area contributed by atoms with Crippen molar-refractivity contribution in [1.82, 2.24) is 14.7 Å². The summed E-state index contributed by atoms with van der Waals surface area (Å²) in [5.41, 5.74) is 2.11. The number of nitrogens with zero attached hydrogens (tertiary/aromatic N) is 4. The fourth-order valence-electron chi connectivity index (χ4n) is 2.78. The van der Waals surface area contributed by atoms with Crippen LogP contribution in [0.25, 0.3) is 0 Å². The summed E-state index contributed by atoms with van der Waals surface area (Å²) in [7, 11) is 0. The average molecular weight is 314 g/mol. The molecule has 6 heteroatoms. The van der Waals surface area contributed by atoms with Crippen molar-refractivity contribution in [3.8, 4) is 6.07 Å². The third kappa shape index (κ3) is 3.58. The zero-order chi connectivity index (χ0) is 16.2. The fourth-order valence-corrected chi connectivity index (χ4v) is 2.78. The van der Waals surface area contributed by atoms with Crippen molar-refractivity contribution in [2.45, 2.75) is 26.1 Å². The SMILES string of the molecule is CCn1cc([C@H]2CN(Cc3ccc(F)c(C#N)c3)CCO2)cn1. The Labute approximate surface area is 134 Å². The van der Waals surface area contributed by atoms with Gasteiger partial charge in [0.2, 0.25) is 0 Å². The summed E-state index contributed by atoms with van der Waals surface area (Å²) in [4.78, 5) is 2.26. The number of ether oxygens (including phenoxy) is 1. The predicted molar refractivity (Wildman–Crippen MR) is 83.0 cm³/mol. The van der Waals surface area contributed by atoms with E-state index >= 15 is 0 Å². The van der Waals surface area contributed by atoms with Crippen molar-refractivity contribution in [2.24, 2.45) is 0 Å². The Hall–Kier alpha value is -2.23. The minimum absolute atomic E-state index is 0.0000597. The van der Waals surface area contributed by atoms with E-state index in [4.69, 9.17) is 10.00 Å². The Morgan fingerprint density at radius 2 is 2.35 bits per heavy atom. The quantitative estimate of drug-likeness (QED) is 0.870. The third-order valence-electron chi connectivity index (χ3n) is 4.06. The van der Waals surface area contributed by atoms with Crippen molar-refractivity contribution in [3.63, 3.8) is 0 Å². The van der Waals surface area contributed by atoms with Crippen molar-refractivity contribution in [2.75, 3.05) is 19.7 Å². The van der Waals surface area contributed by atoms with Gasteiger partial charge in [0, 0.05) is 37.9 Å². The van der Waals surface area contributed by atoms with Gasteiger partial charge in [0.05, 0.1) is 24.5 Å². The van der Waals surface area contributed by atoms with Crippen LogP contribution in [0.4, 0.5) is 4.39 Å². The maximum absolute atomic E-state index is 13.4. The van der Waals surface area contributed by atoms with Crippen LogP contribution in [-0.4, -0.2) is 34.4 Å². The lowest BCUT2D eigenvalue weighted by atomic mass is 10.1. The van der Waals surface area contributed by atoms with E-state index in [-0.39, 0.29) is 11.7 Å². The van der Waals surface area contributed by atoms with Gasteiger partial charge in [-0.15, -0.1) is 0 Å². The van der Waals surface area contributed by atoms with E-state index in [0.717, 1.165) is 30.8 Å². The second kappa shape index (κ2) is 6.90. The molecule has 0 N–H and O–H groups in total. The second-order valence-electron chi connectivity index (χ2n) is 5.65. The summed E-state index contributed by atoms with van der Waals surface area (Å²) in [6.07, 6.45) is 3.86. The molecule has 0 bridgehead atoms. The molecule has 0 saturated carbocycles. The van der Waals surface area contributed by atoms with Gasteiger partial charge in [0.25, 0.3) is 0 Å². The number of morpholine rings is 1. The molecule has 2 aromatic rings. The molecule has 0 spiro atoms. The average Bonchev–Trinajstić information content (AvgIpc) is 3.06. The Balaban J connectivity index is 1.68. The number of benzene rings is 1. The lowest BCUT2D eigenvalue weighted by Gasteiger charge is -2.32. The molecule has 1 saturated heterocycles. The van der Waals surface area contributed by atoms with E-state index in [2.05, 4.69) is 10.00 Å². The standard InChI is InChI=1S/C17H19FN4O/c1-2-22-11-15(9-20-22)17-12-21(5-6-23-17)10-13-3-4-16(18)14(7-13)8-19/h3-4,7,9,11,17H,2,5-6,10,12H2,1H3/t17-/m1/s1. The van der Waals surface area contributed by atoms with Crippen LogP contribution in [0.5, 0.6) is 0 Å². The summed E-state index contributed by atoms with van der Waals surface area (Å²) in [6.45, 7) is 5.78. The normalized spacial score (nSPS) is 18.7. The third-order valence-corrected chi connectivity index (χ3v) is 4.06. The molecule has 120 valence electrons. The molecule has 1 aliphatic heterocycles. The molecule has 3 rings (SSSR count). The van der Waals surface area contributed by atoms with Gasteiger partial charge in [-0.05, 0) is 24.6 Å². The molecule has 1 aliphatic rings. The molecule has 5 nitrogen and oxygen atoms in total. The van der Waals surface area contributed by atoms with Crippen molar-refractivity contribution in [3.05, 3.63) is 53.1 Å². The van der Waals surface area contributed by atoms with Crippen molar-refractivity contribution >= 4 is 0 Å². The summed E-state index contributed by atoms with van der Waals surface area (Å²) < 4.78 is 21.1. The van der Waals surface area contributed by atoms with Crippen LogP contribution >= 0.6 is 0 Å². The summed E-state index contributed by atoms with van der Waals surface area (Å²) >= 11 is 0. The first kappa shape index (κ1) is 15.7. The number of rotatable bonds is 4. The smallest absolute Gasteiger partial charge is 0.140 e. The first-order valence-electron chi connectivity index (χ1n) is 7.74. The zero-order valence-electron chi connectivity index (χ0n) is 13.1. The van der Waals surface area contributed by atoms with Crippen molar-refractivity contribution in [1.29, 1.82) is 5.26 Å². The molecule has 1 aromatic carbocycles. The number of hydrogen-bond acceptors (Lipinski definition) is 4. The van der Waals surface area contributed by atoms with Gasteiger partial charge in [-0.25, -0.2) is 4.39 Å². The van der Waals surface area contributed by atoms with Gasteiger partial charge in [0.15, 0.2) is 0 Å². The van der Waals surface area contributed by atoms with E-state index < -0.39 is 5.82 Å². The molecule has 0 aliphatic carbocycles. The van der Waals surface area contributed by atoms with E-state index in [1.807, 2.05) is 30.1 Å². The van der Waals surface area contributed by atoms with Crippen LogP contribution in [0, 0.1) is 17.1 Å². The highest BCUT2D eigenvalue weighted by Gasteiger charge is 2.23. The topological polar surface area (TPSA) is 54.1 Å². The minimum Gasteiger partial charge on any atom is -0.371 e. The molecule has 1 fully saturated rings. The van der Waals surface area contributed by atoms with E-state index in [9.17, 15) is 4.39 Å². The van der Waals surface area contributed by atoms with Crippen LogP contribution in [0.15, 0.2) is 30.6 Å². The van der Waals surface area contributed by atoms with Gasteiger partial charge < -0.3 is 4.74 Å². The van der Waals surface area contributed by atoms with E-state index in [0.29, 0.717) is 13.2 Å². The van der Waals surface area contributed by atoms with Crippen LogP contribution in [0.2, 0.25) is 0 Å². The molecular weight excluding hydrogens is 295 g/mol. The number of aromatic nitrogens is 2. The van der Waals surface area contributed by atoms with Gasteiger partial charge in [-0.2, -0.15) is 10.4 Å². The first-order chi connectivity index (χ1) is 11.2. The second-order valence-corrected chi connectivity index (χ2v) is 5.65. The number of halogens is 1. The first-order valence-corrected chi connectivity index (χ1v) is 7.74. The maximum Gasteiger partial charge on any atom is 0.140 e. The summed E-state index contributed by atoms with van der Waals surface area (Å²) in [6, 6.07) is 6.60. The lowest BCUT2D eigenvalue weighted by Crippen LogP contribution is -2.37. The molecule has 0 amide bonds. The van der Waals surface area contributed by atoms with Crippen LogP contribution in [0.3, 0.4) is 0 Å². The van der Waals surface area contributed by atoms with E-state index in [1.54, 1.807) is 12.1 Å². The fraction of sp³-hybridized carbons (Fsp3) is 0.412. The van der Waals surface area contributed by atoms with Gasteiger partial charge in [0.1, 0.15) is 11.9 Å². The Kier molecular flexibility index (Phi) is 4.70. The monoisotopic (exact) mass is 314 g/mol. The Morgan fingerprint density at radius 3 is 3.09 bits per heavy atom. The maximum atomic E-state index is 13.4. The zero-order valence-corrected chi connectivity index (χ0v) is 13.1. The number of nitriles is 1. The highest BCUT2D eigenvalue weighted by Crippen LogP contribution is 2.23. The predicted octanol–water partition coefficient (Wildman–Crippen LogP) is 2.49. The largest absolute Gasteiger partial charge is 0.371 e. The lowest BCUT2D eigenvalue weighted by molar-refractivity contribution is -0.0329. The molecule has 0 unspecified atom stereocenters.